The van der Waals surface area contributed by atoms with Crippen molar-refractivity contribution in [3.8, 4) is 5.19 Å². The van der Waals surface area contributed by atoms with Crippen molar-refractivity contribution in [1.29, 1.82) is 0 Å². The number of fused-ring (bicyclic) bond motifs is 1. The summed E-state index contributed by atoms with van der Waals surface area (Å²) in [5, 5.41) is 9.98. The van der Waals surface area contributed by atoms with E-state index in [2.05, 4.69) is 46.4 Å². The van der Waals surface area contributed by atoms with E-state index in [-0.39, 0.29) is 0 Å². The van der Waals surface area contributed by atoms with Gasteiger partial charge in [0.1, 0.15) is 5.01 Å². The van der Waals surface area contributed by atoms with Crippen molar-refractivity contribution >= 4 is 11.3 Å². The Morgan fingerprint density at radius 1 is 1.29 bits per heavy atom. The van der Waals surface area contributed by atoms with Gasteiger partial charge in [0.05, 0.1) is 13.2 Å². The molecule has 0 fully saturated rings. The van der Waals surface area contributed by atoms with Gasteiger partial charge in [-0.05, 0) is 44.4 Å². The third-order valence-corrected chi connectivity index (χ3v) is 4.87. The Labute approximate surface area is 129 Å². The Bertz CT molecular complexity index is 599. The Kier molecular flexibility index (Phi) is 4.51. The van der Waals surface area contributed by atoms with E-state index in [1.165, 1.54) is 24.0 Å². The smallest absolute Gasteiger partial charge is 0.294 e. The number of hydrogen-bond acceptors (Lipinski definition) is 5. The molecule has 1 atom stereocenters. The van der Waals surface area contributed by atoms with E-state index in [0.717, 1.165) is 18.0 Å². The number of benzene rings is 1. The molecule has 0 N–H and O–H groups in total. The highest BCUT2D eigenvalue weighted by molar-refractivity contribution is 7.13. The van der Waals surface area contributed by atoms with Crippen LogP contribution in [0.15, 0.2) is 24.3 Å². The fourth-order valence-corrected chi connectivity index (χ4v) is 3.69. The Balaban J connectivity index is 1.62. The van der Waals surface area contributed by atoms with E-state index in [1.807, 2.05) is 6.92 Å². The van der Waals surface area contributed by atoms with Gasteiger partial charge >= 0.3 is 0 Å². The van der Waals surface area contributed by atoms with Gasteiger partial charge in [0.15, 0.2) is 0 Å². The largest absolute Gasteiger partial charge is 0.469 e. The van der Waals surface area contributed by atoms with Crippen molar-refractivity contribution in [2.75, 3.05) is 13.7 Å². The predicted octanol–water partition coefficient (Wildman–Crippen LogP) is 2.93. The van der Waals surface area contributed by atoms with Crippen molar-refractivity contribution in [2.24, 2.45) is 0 Å². The maximum Gasteiger partial charge on any atom is 0.294 e. The second-order valence-corrected chi connectivity index (χ2v) is 6.50. The number of likely N-dealkylation sites (N-methyl/N-ethyl adjacent to an activating group) is 1. The molecule has 0 aliphatic heterocycles. The molecule has 112 valence electrons. The second kappa shape index (κ2) is 6.54. The maximum atomic E-state index is 5.39. The number of rotatable bonds is 5. The molecule has 0 radical (unpaired) electrons. The fourth-order valence-electron chi connectivity index (χ4n) is 2.88. The summed E-state index contributed by atoms with van der Waals surface area (Å²) in [5.41, 5.74) is 3.00. The van der Waals surface area contributed by atoms with Crippen LogP contribution in [0.1, 0.15) is 29.5 Å². The molecule has 1 aromatic carbocycles. The minimum atomic E-state index is 0.583. The van der Waals surface area contributed by atoms with Crippen molar-refractivity contribution in [3.63, 3.8) is 0 Å². The van der Waals surface area contributed by atoms with Gasteiger partial charge in [0, 0.05) is 6.04 Å². The van der Waals surface area contributed by atoms with Crippen molar-refractivity contribution in [2.45, 2.75) is 38.8 Å². The van der Waals surface area contributed by atoms with E-state index in [9.17, 15) is 0 Å². The minimum Gasteiger partial charge on any atom is -0.469 e. The van der Waals surface area contributed by atoms with Crippen molar-refractivity contribution in [1.82, 2.24) is 15.1 Å². The summed E-state index contributed by atoms with van der Waals surface area (Å²) in [7, 11) is 2.18. The average Bonchev–Trinajstić information content (AvgIpc) is 2.94. The first-order valence-electron chi connectivity index (χ1n) is 7.48. The Morgan fingerprint density at radius 3 is 2.90 bits per heavy atom. The molecule has 5 heteroatoms. The van der Waals surface area contributed by atoms with Crippen LogP contribution in [0, 0.1) is 0 Å². The van der Waals surface area contributed by atoms with Crippen LogP contribution in [0.5, 0.6) is 5.19 Å². The summed E-state index contributed by atoms with van der Waals surface area (Å²) in [6, 6.07) is 9.37. The molecule has 4 nitrogen and oxygen atoms in total. The molecule has 0 saturated heterocycles. The number of aromatic nitrogens is 2. The van der Waals surface area contributed by atoms with Gasteiger partial charge in [-0.15, -0.1) is 10.2 Å². The predicted molar refractivity (Wildman–Crippen MR) is 84.8 cm³/mol. The van der Waals surface area contributed by atoms with E-state index in [4.69, 9.17) is 4.74 Å². The van der Waals surface area contributed by atoms with Crippen LogP contribution in [0.4, 0.5) is 0 Å². The normalized spacial score (nSPS) is 17.8. The number of hydrogen-bond donors (Lipinski definition) is 0. The van der Waals surface area contributed by atoms with E-state index >= 15 is 0 Å². The van der Waals surface area contributed by atoms with Crippen LogP contribution in [-0.2, 0) is 19.4 Å². The van der Waals surface area contributed by atoms with Crippen LogP contribution in [-0.4, -0.2) is 34.8 Å². The average molecular weight is 303 g/mol. The first-order valence-corrected chi connectivity index (χ1v) is 8.30. The standard InChI is InChI=1S/C16H21N3OS/c1-3-20-16-18-17-15(21-16)11-19(2)14-9-8-12-6-4-5-7-13(12)10-14/h4-7,14H,3,8-11H2,1-2H3. The molecule has 1 aromatic heterocycles. The zero-order chi connectivity index (χ0) is 14.7. The molecule has 0 bridgehead atoms. The summed E-state index contributed by atoms with van der Waals surface area (Å²) < 4.78 is 5.39. The quantitative estimate of drug-likeness (QED) is 0.851. The Hall–Kier alpha value is -1.46. The van der Waals surface area contributed by atoms with Crippen molar-refractivity contribution in [3.05, 3.63) is 40.4 Å². The summed E-state index contributed by atoms with van der Waals surface area (Å²) in [4.78, 5) is 2.40. The van der Waals surface area contributed by atoms with Crippen LogP contribution in [0.3, 0.4) is 0 Å². The third-order valence-electron chi connectivity index (χ3n) is 4.04. The molecule has 1 aliphatic carbocycles. The molecule has 2 aromatic rings. The van der Waals surface area contributed by atoms with Gasteiger partial charge in [-0.2, -0.15) is 0 Å². The molecular weight excluding hydrogens is 282 g/mol. The fraction of sp³-hybridized carbons (Fsp3) is 0.500. The van der Waals surface area contributed by atoms with E-state index < -0.39 is 0 Å². The zero-order valence-corrected chi connectivity index (χ0v) is 13.4. The number of aryl methyl sites for hydroxylation is 1. The third kappa shape index (κ3) is 3.41. The summed E-state index contributed by atoms with van der Waals surface area (Å²) in [6.07, 6.45) is 3.51. The van der Waals surface area contributed by atoms with Gasteiger partial charge in [0.25, 0.3) is 5.19 Å². The number of nitrogens with zero attached hydrogens (tertiary/aromatic N) is 3. The molecule has 3 rings (SSSR count). The van der Waals surface area contributed by atoms with Gasteiger partial charge in [0.2, 0.25) is 0 Å². The molecule has 0 spiro atoms. The molecular formula is C16H21N3OS. The summed E-state index contributed by atoms with van der Waals surface area (Å²) >= 11 is 1.55. The van der Waals surface area contributed by atoms with Gasteiger partial charge in [-0.1, -0.05) is 35.6 Å². The van der Waals surface area contributed by atoms with Crippen LogP contribution >= 0.6 is 11.3 Å². The minimum absolute atomic E-state index is 0.583. The molecule has 1 unspecified atom stereocenters. The number of ether oxygens (including phenoxy) is 1. The molecule has 21 heavy (non-hydrogen) atoms. The van der Waals surface area contributed by atoms with Gasteiger partial charge in [-0.3, -0.25) is 4.90 Å². The SMILES string of the molecule is CCOc1nnc(CN(C)C2CCc3ccccc3C2)s1. The van der Waals surface area contributed by atoms with Crippen molar-refractivity contribution < 1.29 is 4.74 Å². The lowest BCUT2D eigenvalue weighted by Crippen LogP contribution is -2.36. The monoisotopic (exact) mass is 303 g/mol. The first kappa shape index (κ1) is 14.5. The maximum absolute atomic E-state index is 5.39. The summed E-state index contributed by atoms with van der Waals surface area (Å²) in [6.45, 7) is 3.45. The van der Waals surface area contributed by atoms with Crippen LogP contribution in [0.2, 0.25) is 0 Å². The van der Waals surface area contributed by atoms with E-state index in [1.54, 1.807) is 11.3 Å². The van der Waals surface area contributed by atoms with E-state index in [0.29, 0.717) is 17.8 Å². The van der Waals surface area contributed by atoms with Gasteiger partial charge < -0.3 is 4.74 Å². The molecule has 0 amide bonds. The molecule has 0 saturated carbocycles. The molecule has 1 aliphatic rings. The summed E-state index contributed by atoms with van der Waals surface area (Å²) in [5.74, 6) is 0. The van der Waals surface area contributed by atoms with Crippen LogP contribution < -0.4 is 4.74 Å². The lowest BCUT2D eigenvalue weighted by Gasteiger charge is -2.31. The highest BCUT2D eigenvalue weighted by Crippen LogP contribution is 2.26. The van der Waals surface area contributed by atoms with Gasteiger partial charge in [-0.25, -0.2) is 0 Å². The first-order chi connectivity index (χ1) is 10.3. The lowest BCUT2D eigenvalue weighted by molar-refractivity contribution is 0.213. The Morgan fingerprint density at radius 2 is 2.10 bits per heavy atom. The topological polar surface area (TPSA) is 38.3 Å². The highest BCUT2D eigenvalue weighted by atomic mass is 32.1. The lowest BCUT2D eigenvalue weighted by atomic mass is 9.88. The molecule has 1 heterocycles. The zero-order valence-electron chi connectivity index (χ0n) is 12.6. The highest BCUT2D eigenvalue weighted by Gasteiger charge is 2.22. The second-order valence-electron chi connectivity index (χ2n) is 5.48. The van der Waals surface area contributed by atoms with Crippen LogP contribution in [0.25, 0.3) is 0 Å².